The van der Waals surface area contributed by atoms with E-state index in [0.29, 0.717) is 37.9 Å². The summed E-state index contributed by atoms with van der Waals surface area (Å²) in [6.45, 7) is 6.88. The molecule has 0 aliphatic carbocycles. The lowest BCUT2D eigenvalue weighted by molar-refractivity contribution is -0.0328. The van der Waals surface area contributed by atoms with E-state index in [1.165, 1.54) is 0 Å². The quantitative estimate of drug-likeness (QED) is 0.388. The Kier molecular flexibility index (Phi) is 8.75. The summed E-state index contributed by atoms with van der Waals surface area (Å²) in [5.41, 5.74) is 4.30. The van der Waals surface area contributed by atoms with Crippen molar-refractivity contribution < 1.29 is 24.1 Å². The topological polar surface area (TPSA) is 85.3 Å². The van der Waals surface area contributed by atoms with Gasteiger partial charge in [0.15, 0.2) is 0 Å². The van der Waals surface area contributed by atoms with Crippen LogP contribution in [0, 0.1) is 6.92 Å². The van der Waals surface area contributed by atoms with E-state index in [1.54, 1.807) is 13.3 Å². The summed E-state index contributed by atoms with van der Waals surface area (Å²) in [5, 5.41) is 14.2. The summed E-state index contributed by atoms with van der Waals surface area (Å²) in [4.78, 5) is 6.62. The van der Waals surface area contributed by atoms with Crippen molar-refractivity contribution in [2.75, 3.05) is 51.4 Å². The molecule has 2 N–H and O–H groups in total. The van der Waals surface area contributed by atoms with Crippen LogP contribution in [0.4, 0.5) is 5.69 Å². The SMILES string of the molecule is COCCCN1CCOc2ccc(COC3CNCC(O)C3c3ccc(Oc4cc(C)ccn4)cc3)cc21. The van der Waals surface area contributed by atoms with Gasteiger partial charge in [0, 0.05) is 51.5 Å². The number of aliphatic hydroxyl groups excluding tert-OH is 1. The Morgan fingerprint density at radius 3 is 2.79 bits per heavy atom. The van der Waals surface area contributed by atoms with Crippen molar-refractivity contribution in [1.82, 2.24) is 10.3 Å². The third-order valence-electron chi connectivity index (χ3n) is 7.12. The predicted octanol–water partition coefficient (Wildman–Crippen LogP) is 4.05. The largest absolute Gasteiger partial charge is 0.490 e. The zero-order valence-electron chi connectivity index (χ0n) is 22.1. The number of rotatable bonds is 10. The molecular formula is C30H37N3O5. The summed E-state index contributed by atoms with van der Waals surface area (Å²) < 4.78 is 23.4. The van der Waals surface area contributed by atoms with Crippen molar-refractivity contribution in [1.29, 1.82) is 0 Å². The molecule has 8 heteroatoms. The fourth-order valence-electron chi connectivity index (χ4n) is 5.16. The molecule has 0 radical (unpaired) electrons. The monoisotopic (exact) mass is 519 g/mol. The van der Waals surface area contributed by atoms with Gasteiger partial charge < -0.3 is 34.3 Å². The van der Waals surface area contributed by atoms with Crippen molar-refractivity contribution in [2.45, 2.75) is 38.1 Å². The van der Waals surface area contributed by atoms with E-state index in [2.05, 4.69) is 27.3 Å². The van der Waals surface area contributed by atoms with Crippen LogP contribution < -0.4 is 19.7 Å². The van der Waals surface area contributed by atoms with Crippen LogP contribution in [-0.2, 0) is 16.1 Å². The van der Waals surface area contributed by atoms with Crippen molar-refractivity contribution in [3.05, 3.63) is 77.5 Å². The molecule has 2 aliphatic rings. The fraction of sp³-hybridized carbons (Fsp3) is 0.433. The number of pyridine rings is 1. The number of nitrogens with zero attached hydrogens (tertiary/aromatic N) is 2. The molecule has 5 rings (SSSR count). The molecule has 0 saturated carbocycles. The van der Waals surface area contributed by atoms with Gasteiger partial charge in [-0.3, -0.25) is 0 Å². The molecule has 8 nitrogen and oxygen atoms in total. The van der Waals surface area contributed by atoms with Crippen LogP contribution in [0.3, 0.4) is 0 Å². The first-order chi connectivity index (χ1) is 18.6. The van der Waals surface area contributed by atoms with Gasteiger partial charge in [-0.2, -0.15) is 0 Å². The average Bonchev–Trinajstić information content (AvgIpc) is 2.93. The number of nitrogens with one attached hydrogen (secondary N) is 1. The van der Waals surface area contributed by atoms with Gasteiger partial charge in [0.2, 0.25) is 5.88 Å². The Morgan fingerprint density at radius 2 is 1.97 bits per heavy atom. The Hall–Kier alpha value is -3.17. The van der Waals surface area contributed by atoms with Gasteiger partial charge in [-0.25, -0.2) is 4.98 Å². The number of β-amino-alcohol motifs (C(OH)–C–C–N with tert-alkyl or cyclic N) is 1. The lowest BCUT2D eigenvalue weighted by Gasteiger charge is -2.36. The standard InChI is InChI=1S/C30H37N3O5/c1-21-10-11-32-29(16-21)38-24-7-5-23(6-8-24)30-26(34)18-31-19-28(30)37-20-22-4-9-27-25(17-22)33(13-15-36-27)12-3-14-35-2/h4-11,16-17,26,28,30-31,34H,3,12-15,18-20H2,1-2H3. The Balaban J connectivity index is 1.25. The smallest absolute Gasteiger partial charge is 0.219 e. The number of anilines is 1. The van der Waals surface area contributed by atoms with Crippen molar-refractivity contribution in [2.24, 2.45) is 0 Å². The summed E-state index contributed by atoms with van der Waals surface area (Å²) in [7, 11) is 1.73. The highest BCUT2D eigenvalue weighted by molar-refractivity contribution is 5.61. The van der Waals surface area contributed by atoms with Gasteiger partial charge in [-0.15, -0.1) is 0 Å². The number of fused-ring (bicyclic) bond motifs is 1. The summed E-state index contributed by atoms with van der Waals surface area (Å²) in [5.74, 6) is 2.04. The molecule has 1 aromatic heterocycles. The molecule has 2 aromatic carbocycles. The maximum Gasteiger partial charge on any atom is 0.219 e. The number of piperidine rings is 1. The van der Waals surface area contributed by atoms with E-state index < -0.39 is 6.10 Å². The van der Waals surface area contributed by atoms with E-state index in [9.17, 15) is 5.11 Å². The third-order valence-corrected chi connectivity index (χ3v) is 7.12. The summed E-state index contributed by atoms with van der Waals surface area (Å²) in [6.07, 6.45) is 1.98. The van der Waals surface area contributed by atoms with Gasteiger partial charge in [0.25, 0.3) is 0 Å². The highest BCUT2D eigenvalue weighted by Gasteiger charge is 2.34. The van der Waals surface area contributed by atoms with Crippen LogP contribution in [0.2, 0.25) is 0 Å². The second-order valence-corrected chi connectivity index (χ2v) is 9.93. The van der Waals surface area contributed by atoms with Crippen LogP contribution in [-0.4, -0.2) is 68.8 Å². The number of hydrogen-bond acceptors (Lipinski definition) is 8. The molecule has 1 fully saturated rings. The predicted molar refractivity (Wildman–Crippen MR) is 146 cm³/mol. The lowest BCUT2D eigenvalue weighted by atomic mass is 9.85. The van der Waals surface area contributed by atoms with Crippen LogP contribution in [0.5, 0.6) is 17.4 Å². The molecule has 3 heterocycles. The van der Waals surface area contributed by atoms with Gasteiger partial charge in [-0.05, 0) is 60.4 Å². The molecule has 0 spiro atoms. The lowest BCUT2D eigenvalue weighted by Crippen LogP contribution is -2.49. The van der Waals surface area contributed by atoms with Gasteiger partial charge >= 0.3 is 0 Å². The zero-order valence-corrected chi connectivity index (χ0v) is 22.1. The van der Waals surface area contributed by atoms with Crippen LogP contribution >= 0.6 is 0 Å². The number of hydrogen-bond donors (Lipinski definition) is 2. The van der Waals surface area contributed by atoms with Crippen molar-refractivity contribution >= 4 is 5.69 Å². The number of methoxy groups -OCH3 is 1. The van der Waals surface area contributed by atoms with E-state index in [-0.39, 0.29) is 12.0 Å². The minimum atomic E-state index is -0.549. The van der Waals surface area contributed by atoms with Crippen LogP contribution in [0.25, 0.3) is 0 Å². The minimum Gasteiger partial charge on any atom is -0.490 e. The fourth-order valence-corrected chi connectivity index (χ4v) is 5.16. The normalized spacial score (nSPS) is 21.0. The molecule has 2 aliphatic heterocycles. The number of aryl methyl sites for hydroxylation is 1. The average molecular weight is 520 g/mol. The van der Waals surface area contributed by atoms with E-state index in [0.717, 1.165) is 54.2 Å². The van der Waals surface area contributed by atoms with Crippen LogP contribution in [0.1, 0.15) is 29.0 Å². The first kappa shape index (κ1) is 26.4. The van der Waals surface area contributed by atoms with Crippen LogP contribution in [0.15, 0.2) is 60.8 Å². The molecule has 202 valence electrons. The molecule has 3 atom stereocenters. The molecule has 3 aromatic rings. The highest BCUT2D eigenvalue weighted by atomic mass is 16.5. The first-order valence-corrected chi connectivity index (χ1v) is 13.3. The summed E-state index contributed by atoms with van der Waals surface area (Å²) >= 11 is 0. The molecule has 0 bridgehead atoms. The second-order valence-electron chi connectivity index (χ2n) is 9.93. The molecule has 38 heavy (non-hydrogen) atoms. The van der Waals surface area contributed by atoms with E-state index in [4.69, 9.17) is 18.9 Å². The van der Waals surface area contributed by atoms with Gasteiger partial charge in [0.05, 0.1) is 31.0 Å². The molecular weight excluding hydrogens is 482 g/mol. The van der Waals surface area contributed by atoms with Crippen molar-refractivity contribution in [3.63, 3.8) is 0 Å². The Morgan fingerprint density at radius 1 is 1.11 bits per heavy atom. The molecule has 1 saturated heterocycles. The zero-order chi connectivity index (χ0) is 26.3. The maximum atomic E-state index is 10.9. The number of ether oxygens (including phenoxy) is 4. The maximum absolute atomic E-state index is 10.9. The highest BCUT2D eigenvalue weighted by Crippen LogP contribution is 2.34. The third kappa shape index (κ3) is 6.45. The van der Waals surface area contributed by atoms with E-state index >= 15 is 0 Å². The first-order valence-electron chi connectivity index (χ1n) is 13.3. The van der Waals surface area contributed by atoms with E-state index in [1.807, 2.05) is 49.4 Å². The number of benzene rings is 2. The van der Waals surface area contributed by atoms with Crippen molar-refractivity contribution in [3.8, 4) is 17.4 Å². The summed E-state index contributed by atoms with van der Waals surface area (Å²) in [6, 6.07) is 18.0. The number of aromatic nitrogens is 1. The van der Waals surface area contributed by atoms with Gasteiger partial charge in [0.1, 0.15) is 18.1 Å². The number of aliphatic hydroxyl groups is 1. The Labute approximate surface area is 224 Å². The van der Waals surface area contributed by atoms with Gasteiger partial charge in [-0.1, -0.05) is 18.2 Å². The Bertz CT molecular complexity index is 1190. The molecule has 0 amide bonds. The minimum absolute atomic E-state index is 0.145. The molecule has 3 unspecified atom stereocenters. The second kappa shape index (κ2) is 12.6.